The van der Waals surface area contributed by atoms with E-state index >= 15 is 0 Å². The van der Waals surface area contributed by atoms with Crippen molar-refractivity contribution >= 4 is 59.3 Å². The summed E-state index contributed by atoms with van der Waals surface area (Å²) in [6.07, 6.45) is 2.86. The van der Waals surface area contributed by atoms with Gasteiger partial charge >= 0.3 is 37.7 Å². The fourth-order valence-corrected chi connectivity index (χ4v) is 3.03. The molecule has 0 atom stereocenters. The molecule has 0 aliphatic heterocycles. The molecule has 2 aromatic rings. The standard InChI is InChI=1S/C10H8N2O2S2.Ca.2ClO3/c13-11-7-3-1-5-9(11)15-16-10-6-2-4-8-12(10)14;;2*2-1(3)4/h1-8H;;;/q;+2;2*-1. The minimum Gasteiger partial charge on any atom is -0.618 e. The van der Waals surface area contributed by atoms with Crippen LogP contribution in [0.1, 0.15) is 0 Å². The topological polar surface area (TPSA) is 192 Å². The molecule has 0 spiro atoms. The monoisotopic (exact) mass is 458 g/mol. The van der Waals surface area contributed by atoms with Gasteiger partial charge in [-0.1, -0.05) is 0 Å². The molecule has 0 radical (unpaired) electrons. The number of rotatable bonds is 3. The Morgan fingerprint density at radius 1 is 0.640 bits per heavy atom. The summed E-state index contributed by atoms with van der Waals surface area (Å²) < 4.78 is 52.0. The van der Waals surface area contributed by atoms with Gasteiger partial charge < -0.3 is 38.4 Å². The maximum Gasteiger partial charge on any atom is 2.00 e. The van der Waals surface area contributed by atoms with Gasteiger partial charge in [-0.3, -0.25) is 0 Å². The van der Waals surface area contributed by atoms with Gasteiger partial charge in [-0.05, 0) is 12.1 Å². The zero-order valence-corrected chi connectivity index (χ0v) is 17.4. The normalized spacial score (nSPS) is 9.44. The summed E-state index contributed by atoms with van der Waals surface area (Å²) in [5, 5.41) is 23.8. The Morgan fingerprint density at radius 2 is 0.920 bits per heavy atom. The molecule has 25 heavy (non-hydrogen) atoms. The van der Waals surface area contributed by atoms with E-state index in [1.165, 1.54) is 34.0 Å². The van der Waals surface area contributed by atoms with Crippen molar-refractivity contribution in [3.05, 3.63) is 59.2 Å². The molecule has 0 bridgehead atoms. The van der Waals surface area contributed by atoms with Crippen molar-refractivity contribution in [2.75, 3.05) is 0 Å². The van der Waals surface area contributed by atoms with Crippen molar-refractivity contribution in [3.8, 4) is 0 Å². The van der Waals surface area contributed by atoms with E-state index in [1.54, 1.807) is 36.4 Å². The van der Waals surface area contributed by atoms with Crippen molar-refractivity contribution in [2.24, 2.45) is 0 Å². The third-order valence-corrected chi connectivity index (χ3v) is 4.12. The average molecular weight is 459 g/mol. The Morgan fingerprint density at radius 3 is 1.16 bits per heavy atom. The van der Waals surface area contributed by atoms with Crippen LogP contribution in [0.5, 0.6) is 0 Å². The van der Waals surface area contributed by atoms with Gasteiger partial charge in [-0.25, -0.2) is 0 Å². The SMILES string of the molecule is [Ca+2].[O-][Cl+2]([O-])[O-].[O-][Cl+2]([O-])[O-].[O-][n+]1ccccc1SSc1cccc[n+]1[O-]. The summed E-state index contributed by atoms with van der Waals surface area (Å²) >= 11 is 0. The number of pyridine rings is 2. The van der Waals surface area contributed by atoms with E-state index in [9.17, 15) is 10.4 Å². The molecule has 10 nitrogen and oxygen atoms in total. The van der Waals surface area contributed by atoms with Gasteiger partial charge in [0.15, 0.2) is 12.4 Å². The van der Waals surface area contributed by atoms with Gasteiger partial charge in [-0.15, -0.1) is 0 Å². The number of hydrogen-bond acceptors (Lipinski definition) is 10. The Hall–Kier alpha value is 0.200. The molecule has 0 aromatic carbocycles. The molecule has 0 aliphatic rings. The van der Waals surface area contributed by atoms with Crippen LogP contribution in [0.3, 0.4) is 0 Å². The maximum absolute atomic E-state index is 11.3. The molecule has 2 heterocycles. The van der Waals surface area contributed by atoms with Crippen molar-refractivity contribution in [1.82, 2.24) is 0 Å². The molecule has 0 aliphatic carbocycles. The summed E-state index contributed by atoms with van der Waals surface area (Å²) in [6.45, 7) is 0. The largest absolute Gasteiger partial charge is 2.00 e. The van der Waals surface area contributed by atoms with Gasteiger partial charge in [0.1, 0.15) is 0 Å². The summed E-state index contributed by atoms with van der Waals surface area (Å²) in [4.78, 5) is 0. The van der Waals surface area contributed by atoms with Crippen LogP contribution in [0.4, 0.5) is 0 Å². The predicted molar refractivity (Wildman–Crippen MR) is 68.3 cm³/mol. The summed E-state index contributed by atoms with van der Waals surface area (Å²) in [7, 11) is -3.18. The van der Waals surface area contributed by atoms with E-state index in [2.05, 4.69) is 0 Å². The smallest absolute Gasteiger partial charge is 0.618 e. The van der Waals surface area contributed by atoms with Crippen molar-refractivity contribution in [1.29, 1.82) is 0 Å². The molecule has 0 N–H and O–H groups in total. The predicted octanol–water partition coefficient (Wildman–Crippen LogP) is -5.76. The van der Waals surface area contributed by atoms with Crippen LogP contribution < -0.4 is 37.4 Å². The van der Waals surface area contributed by atoms with E-state index in [0.29, 0.717) is 10.1 Å². The first kappa shape index (κ1) is 27.4. The first-order valence-electron chi connectivity index (χ1n) is 5.41. The molecular formula is C10H8CaCl2N2O8S2. The van der Waals surface area contributed by atoms with E-state index < -0.39 is 21.6 Å². The van der Waals surface area contributed by atoms with E-state index in [0.717, 1.165) is 9.46 Å². The van der Waals surface area contributed by atoms with Gasteiger partial charge in [0.2, 0.25) is 0 Å². The summed E-state index contributed by atoms with van der Waals surface area (Å²) in [5.74, 6) is 0. The Balaban J connectivity index is 0. The number of halogens is 2. The second-order valence-corrected chi connectivity index (χ2v) is 6.20. The zero-order chi connectivity index (χ0) is 18.5. The molecule has 15 heteroatoms. The Bertz CT molecular complexity index is 545. The Labute approximate surface area is 186 Å². The number of hydrogen-bond donors (Lipinski definition) is 0. The van der Waals surface area contributed by atoms with Crippen LogP contribution >= 0.6 is 21.6 Å². The molecular weight excluding hydrogens is 451 g/mol. The molecule has 0 amide bonds. The van der Waals surface area contributed by atoms with Gasteiger partial charge in [0, 0.05) is 45.9 Å². The summed E-state index contributed by atoms with van der Waals surface area (Å²) in [5.41, 5.74) is 0. The molecule has 0 saturated carbocycles. The van der Waals surface area contributed by atoms with Crippen LogP contribution in [0, 0.1) is 32.0 Å². The average Bonchev–Trinajstić information content (AvgIpc) is 2.47. The van der Waals surface area contributed by atoms with Crippen molar-refractivity contribution in [3.63, 3.8) is 0 Å². The Kier molecular flexibility index (Phi) is 18.0. The fourth-order valence-electron chi connectivity index (χ4n) is 1.04. The minimum atomic E-state index is -2.85. The fraction of sp³-hybridized carbons (Fsp3) is 0. The van der Waals surface area contributed by atoms with E-state index in [1.807, 2.05) is 0 Å². The summed E-state index contributed by atoms with van der Waals surface area (Å²) in [6, 6.07) is 10.3. The van der Waals surface area contributed by atoms with Crippen LogP contribution in [0.15, 0.2) is 58.8 Å². The molecule has 2 aromatic heterocycles. The minimum absolute atomic E-state index is 0. The first-order chi connectivity index (χ1) is 11.2. The quantitative estimate of drug-likeness (QED) is 0.185. The second-order valence-electron chi connectivity index (χ2n) is 3.27. The molecule has 2 rings (SSSR count). The van der Waals surface area contributed by atoms with Crippen molar-refractivity contribution < 1.29 is 59.0 Å². The second kappa shape index (κ2) is 16.4. The van der Waals surface area contributed by atoms with Gasteiger partial charge in [0.05, 0.1) is 21.6 Å². The first-order valence-corrected chi connectivity index (χ1v) is 9.41. The van der Waals surface area contributed by atoms with E-state index in [-0.39, 0.29) is 37.7 Å². The third-order valence-electron chi connectivity index (χ3n) is 1.79. The molecule has 0 saturated heterocycles. The zero-order valence-electron chi connectivity index (χ0n) is 12.1. The van der Waals surface area contributed by atoms with E-state index in [4.69, 9.17) is 28.0 Å². The van der Waals surface area contributed by atoms with Crippen LogP contribution in [-0.2, 0) is 0 Å². The number of aromatic nitrogens is 2. The maximum atomic E-state index is 11.3. The third kappa shape index (κ3) is 16.1. The molecule has 0 fully saturated rings. The van der Waals surface area contributed by atoms with Crippen LogP contribution in [0.2, 0.25) is 0 Å². The van der Waals surface area contributed by atoms with Crippen LogP contribution in [0.25, 0.3) is 0 Å². The molecule has 134 valence electrons. The van der Waals surface area contributed by atoms with Crippen molar-refractivity contribution in [2.45, 2.75) is 10.1 Å². The molecule has 0 unspecified atom stereocenters. The van der Waals surface area contributed by atoms with Gasteiger partial charge in [-0.2, -0.15) is 9.46 Å². The van der Waals surface area contributed by atoms with Gasteiger partial charge in [0.25, 0.3) is 10.1 Å². The number of nitrogens with zero attached hydrogens (tertiary/aromatic N) is 2. The van der Waals surface area contributed by atoms with Crippen LogP contribution in [-0.4, -0.2) is 37.7 Å².